The molecule has 0 amide bonds. The second kappa shape index (κ2) is 4.13. The molecule has 0 bridgehead atoms. The summed E-state index contributed by atoms with van der Waals surface area (Å²) in [6.45, 7) is 6.64. The van der Waals surface area contributed by atoms with Crippen LogP contribution in [0.4, 0.5) is 11.4 Å². The van der Waals surface area contributed by atoms with Gasteiger partial charge >= 0.3 is 0 Å². The number of benzene rings is 1. The molecule has 1 aliphatic heterocycles. The molecule has 92 valence electrons. The van der Waals surface area contributed by atoms with Gasteiger partial charge in [-0.3, -0.25) is 4.98 Å². The van der Waals surface area contributed by atoms with Gasteiger partial charge in [0.15, 0.2) is 0 Å². The summed E-state index contributed by atoms with van der Waals surface area (Å²) in [4.78, 5) is 6.92. The monoisotopic (exact) mass is 238 g/mol. The molecule has 1 atom stereocenters. The fourth-order valence-corrected chi connectivity index (χ4v) is 2.78. The molecule has 0 radical (unpaired) electrons. The number of anilines is 2. The molecule has 0 saturated carbocycles. The van der Waals surface area contributed by atoms with Gasteiger partial charge in [-0.05, 0) is 50.1 Å². The van der Waals surface area contributed by atoms with Gasteiger partial charge in [-0.1, -0.05) is 12.1 Å². The van der Waals surface area contributed by atoms with Crippen LogP contribution in [0.25, 0.3) is 0 Å². The van der Waals surface area contributed by atoms with Crippen LogP contribution >= 0.6 is 0 Å². The maximum atomic E-state index is 4.50. The molecule has 2 heteroatoms. The Morgan fingerprint density at radius 2 is 1.89 bits per heavy atom. The molecule has 0 saturated heterocycles. The van der Waals surface area contributed by atoms with Crippen LogP contribution in [0.15, 0.2) is 36.5 Å². The summed E-state index contributed by atoms with van der Waals surface area (Å²) < 4.78 is 0. The Morgan fingerprint density at radius 1 is 1.11 bits per heavy atom. The van der Waals surface area contributed by atoms with Gasteiger partial charge in [-0.2, -0.15) is 0 Å². The van der Waals surface area contributed by atoms with E-state index < -0.39 is 0 Å². The quantitative estimate of drug-likeness (QED) is 0.751. The van der Waals surface area contributed by atoms with Crippen molar-refractivity contribution in [2.24, 2.45) is 0 Å². The summed E-state index contributed by atoms with van der Waals surface area (Å²) >= 11 is 0. The van der Waals surface area contributed by atoms with Gasteiger partial charge in [-0.25, -0.2) is 0 Å². The highest BCUT2D eigenvalue weighted by atomic mass is 15.2. The van der Waals surface area contributed by atoms with E-state index in [9.17, 15) is 0 Å². The SMILES string of the molecule is Cc1cccc(N2c3cccnc3C[C@H]2C)c1C. The third kappa shape index (κ3) is 1.60. The maximum Gasteiger partial charge on any atom is 0.0660 e. The first kappa shape index (κ1) is 11.3. The Labute approximate surface area is 108 Å². The van der Waals surface area contributed by atoms with Crippen molar-refractivity contribution >= 4 is 11.4 Å². The summed E-state index contributed by atoms with van der Waals surface area (Å²) in [6, 6.07) is 11.2. The zero-order chi connectivity index (χ0) is 12.7. The van der Waals surface area contributed by atoms with Crippen molar-refractivity contribution in [2.45, 2.75) is 33.2 Å². The van der Waals surface area contributed by atoms with Crippen LogP contribution in [-0.2, 0) is 6.42 Å². The molecule has 2 heterocycles. The zero-order valence-corrected chi connectivity index (χ0v) is 11.1. The van der Waals surface area contributed by atoms with E-state index in [1.165, 1.54) is 28.2 Å². The fourth-order valence-electron chi connectivity index (χ4n) is 2.78. The number of hydrogen-bond acceptors (Lipinski definition) is 2. The predicted octanol–water partition coefficient (Wildman–Crippen LogP) is 3.78. The highest BCUT2D eigenvalue weighted by Crippen LogP contribution is 2.38. The molecule has 3 rings (SSSR count). The van der Waals surface area contributed by atoms with E-state index in [2.05, 4.69) is 54.9 Å². The Kier molecular flexibility index (Phi) is 2.58. The topological polar surface area (TPSA) is 16.1 Å². The smallest absolute Gasteiger partial charge is 0.0660 e. The summed E-state index contributed by atoms with van der Waals surface area (Å²) in [5, 5.41) is 0. The lowest BCUT2D eigenvalue weighted by atomic mass is 10.1. The van der Waals surface area contributed by atoms with Gasteiger partial charge < -0.3 is 4.90 Å². The first-order chi connectivity index (χ1) is 8.68. The van der Waals surface area contributed by atoms with Crippen molar-refractivity contribution < 1.29 is 0 Å². The van der Waals surface area contributed by atoms with Gasteiger partial charge in [0, 0.05) is 24.3 Å². The van der Waals surface area contributed by atoms with E-state index in [0.29, 0.717) is 6.04 Å². The second-order valence-corrected chi connectivity index (χ2v) is 5.11. The van der Waals surface area contributed by atoms with Crippen LogP contribution in [0.1, 0.15) is 23.7 Å². The molecule has 1 aliphatic rings. The molecule has 0 unspecified atom stereocenters. The normalized spacial score (nSPS) is 17.9. The molecule has 0 N–H and O–H groups in total. The third-order valence-corrected chi connectivity index (χ3v) is 3.89. The molecule has 0 aliphatic carbocycles. The third-order valence-electron chi connectivity index (χ3n) is 3.89. The average Bonchev–Trinajstić information content (AvgIpc) is 2.69. The van der Waals surface area contributed by atoms with Gasteiger partial charge in [0.05, 0.1) is 11.4 Å². The molecule has 1 aromatic heterocycles. The molecule has 2 nitrogen and oxygen atoms in total. The lowest BCUT2D eigenvalue weighted by Crippen LogP contribution is -2.24. The van der Waals surface area contributed by atoms with Crippen molar-refractivity contribution in [3.8, 4) is 0 Å². The first-order valence-electron chi connectivity index (χ1n) is 6.48. The van der Waals surface area contributed by atoms with Crippen LogP contribution in [0, 0.1) is 13.8 Å². The zero-order valence-electron chi connectivity index (χ0n) is 11.1. The molecular formula is C16H18N2. The largest absolute Gasteiger partial charge is 0.337 e. The fraction of sp³-hybridized carbons (Fsp3) is 0.312. The lowest BCUT2D eigenvalue weighted by molar-refractivity contribution is 0.750. The van der Waals surface area contributed by atoms with Crippen molar-refractivity contribution in [3.05, 3.63) is 53.3 Å². The summed E-state index contributed by atoms with van der Waals surface area (Å²) in [5.41, 5.74) is 6.50. The molecule has 18 heavy (non-hydrogen) atoms. The van der Waals surface area contributed by atoms with Gasteiger partial charge in [0.25, 0.3) is 0 Å². The Morgan fingerprint density at radius 3 is 2.72 bits per heavy atom. The summed E-state index contributed by atoms with van der Waals surface area (Å²) in [6.07, 6.45) is 2.92. The molecular weight excluding hydrogens is 220 g/mol. The molecule has 2 aromatic rings. The van der Waals surface area contributed by atoms with Crippen LogP contribution in [-0.4, -0.2) is 11.0 Å². The van der Waals surface area contributed by atoms with E-state index in [1.54, 1.807) is 0 Å². The van der Waals surface area contributed by atoms with Crippen LogP contribution < -0.4 is 4.90 Å². The molecule has 1 aromatic carbocycles. The number of aryl methyl sites for hydroxylation is 1. The van der Waals surface area contributed by atoms with Gasteiger partial charge in [-0.15, -0.1) is 0 Å². The van der Waals surface area contributed by atoms with Crippen molar-refractivity contribution in [1.29, 1.82) is 0 Å². The van der Waals surface area contributed by atoms with Gasteiger partial charge in [0.2, 0.25) is 0 Å². The van der Waals surface area contributed by atoms with E-state index in [1.807, 2.05) is 12.3 Å². The number of pyridine rings is 1. The summed E-state index contributed by atoms with van der Waals surface area (Å²) in [7, 11) is 0. The van der Waals surface area contributed by atoms with Crippen molar-refractivity contribution in [3.63, 3.8) is 0 Å². The van der Waals surface area contributed by atoms with Crippen LogP contribution in [0.2, 0.25) is 0 Å². The van der Waals surface area contributed by atoms with Gasteiger partial charge in [0.1, 0.15) is 0 Å². The van der Waals surface area contributed by atoms with E-state index in [4.69, 9.17) is 0 Å². The van der Waals surface area contributed by atoms with Crippen molar-refractivity contribution in [2.75, 3.05) is 4.90 Å². The number of fused-ring (bicyclic) bond motifs is 1. The Bertz CT molecular complexity index is 589. The summed E-state index contributed by atoms with van der Waals surface area (Å²) in [5.74, 6) is 0. The number of rotatable bonds is 1. The minimum atomic E-state index is 0.482. The highest BCUT2D eigenvalue weighted by Gasteiger charge is 2.28. The number of aromatic nitrogens is 1. The van der Waals surface area contributed by atoms with E-state index >= 15 is 0 Å². The first-order valence-corrected chi connectivity index (χ1v) is 6.48. The Hall–Kier alpha value is -1.83. The number of nitrogens with zero attached hydrogens (tertiary/aromatic N) is 2. The van der Waals surface area contributed by atoms with Crippen LogP contribution in [0.5, 0.6) is 0 Å². The average molecular weight is 238 g/mol. The standard InChI is InChI=1S/C16H18N2/c1-11-6-4-7-15(13(11)3)18-12(2)10-14-16(18)8-5-9-17-14/h4-9,12H,10H2,1-3H3/t12-/m1/s1. The molecule has 0 spiro atoms. The second-order valence-electron chi connectivity index (χ2n) is 5.11. The maximum absolute atomic E-state index is 4.50. The molecule has 0 fully saturated rings. The van der Waals surface area contributed by atoms with E-state index in [0.717, 1.165) is 6.42 Å². The predicted molar refractivity (Wildman–Crippen MR) is 75.5 cm³/mol. The van der Waals surface area contributed by atoms with Crippen LogP contribution in [0.3, 0.4) is 0 Å². The van der Waals surface area contributed by atoms with E-state index in [-0.39, 0.29) is 0 Å². The minimum Gasteiger partial charge on any atom is -0.337 e. The minimum absolute atomic E-state index is 0.482. The Balaban J connectivity index is 2.15. The highest BCUT2D eigenvalue weighted by molar-refractivity contribution is 5.72. The van der Waals surface area contributed by atoms with Crippen molar-refractivity contribution in [1.82, 2.24) is 4.98 Å². The lowest BCUT2D eigenvalue weighted by Gasteiger charge is -2.27. The number of hydrogen-bond donors (Lipinski definition) is 0.